The quantitative estimate of drug-likeness (QED) is 0.846. The Morgan fingerprint density at radius 2 is 2.12 bits per heavy atom. The van der Waals surface area contributed by atoms with Crippen LogP contribution in [0.2, 0.25) is 0 Å². The van der Waals surface area contributed by atoms with Gasteiger partial charge >= 0.3 is 0 Å². The lowest BCUT2D eigenvalue weighted by Crippen LogP contribution is -2.40. The lowest BCUT2D eigenvalue weighted by atomic mass is 9.89. The number of nitrogens with zero attached hydrogens (tertiary/aromatic N) is 2. The molecule has 0 radical (unpaired) electrons. The van der Waals surface area contributed by atoms with Crippen molar-refractivity contribution in [3.63, 3.8) is 0 Å². The summed E-state index contributed by atoms with van der Waals surface area (Å²) >= 11 is 0. The summed E-state index contributed by atoms with van der Waals surface area (Å²) < 4.78 is 5.24. The van der Waals surface area contributed by atoms with Crippen molar-refractivity contribution in [1.29, 1.82) is 0 Å². The Bertz CT molecular complexity index is 348. The van der Waals surface area contributed by atoms with Gasteiger partial charge in [-0.1, -0.05) is 13.8 Å². The van der Waals surface area contributed by atoms with Gasteiger partial charge in [0.25, 0.3) is 0 Å². The molecule has 1 aliphatic rings. The maximum atomic E-state index is 5.24. The molecule has 0 bridgehead atoms. The molecule has 0 aliphatic heterocycles. The normalized spacial score (nSPS) is 24.2. The Morgan fingerprint density at radius 3 is 2.75 bits per heavy atom. The molecule has 1 aromatic rings. The summed E-state index contributed by atoms with van der Waals surface area (Å²) in [4.78, 5) is 8.48. The van der Waals surface area contributed by atoms with Gasteiger partial charge in [0, 0.05) is 24.9 Å². The maximum Gasteiger partial charge on any atom is 0.129 e. The number of aromatic nitrogens is 2. The first-order valence-electron chi connectivity index (χ1n) is 5.80. The fourth-order valence-electron chi connectivity index (χ4n) is 1.85. The summed E-state index contributed by atoms with van der Waals surface area (Å²) in [7, 11) is 1.77. The zero-order valence-electron chi connectivity index (χ0n) is 10.1. The molecular formula is C12H19N3O. The van der Waals surface area contributed by atoms with Crippen molar-refractivity contribution in [3.8, 4) is 0 Å². The maximum absolute atomic E-state index is 5.24. The third-order valence-corrected chi connectivity index (χ3v) is 3.06. The lowest BCUT2D eigenvalue weighted by Gasteiger charge is -2.34. The van der Waals surface area contributed by atoms with Gasteiger partial charge < -0.3 is 10.1 Å². The van der Waals surface area contributed by atoms with Gasteiger partial charge in [-0.05, 0) is 18.8 Å². The van der Waals surface area contributed by atoms with E-state index in [-0.39, 0.29) is 0 Å². The highest BCUT2D eigenvalue weighted by Gasteiger charge is 2.29. The number of hydrogen-bond acceptors (Lipinski definition) is 4. The number of ether oxygens (including phenoxy) is 1. The van der Waals surface area contributed by atoms with Crippen molar-refractivity contribution in [2.24, 2.45) is 0 Å². The van der Waals surface area contributed by atoms with E-state index in [0.717, 1.165) is 24.4 Å². The van der Waals surface area contributed by atoms with Crippen LogP contribution in [0.15, 0.2) is 12.4 Å². The lowest BCUT2D eigenvalue weighted by molar-refractivity contribution is 0.0328. The van der Waals surface area contributed by atoms with Crippen LogP contribution in [0.1, 0.15) is 38.3 Å². The molecule has 1 saturated carbocycles. The Morgan fingerprint density at radius 1 is 1.38 bits per heavy atom. The molecule has 1 N–H and O–H groups in total. The molecule has 1 fully saturated rings. The molecule has 1 aliphatic carbocycles. The molecule has 1 aromatic heterocycles. The molecule has 16 heavy (non-hydrogen) atoms. The minimum absolute atomic E-state index is 0.420. The molecule has 0 atom stereocenters. The van der Waals surface area contributed by atoms with Gasteiger partial charge in [0.15, 0.2) is 0 Å². The van der Waals surface area contributed by atoms with Gasteiger partial charge in [-0.3, -0.25) is 0 Å². The fraction of sp³-hybridized carbons (Fsp3) is 0.667. The molecule has 0 saturated heterocycles. The van der Waals surface area contributed by atoms with Crippen LogP contribution in [0.3, 0.4) is 0 Å². The van der Waals surface area contributed by atoms with Crippen molar-refractivity contribution in [1.82, 2.24) is 9.97 Å². The number of rotatable bonds is 4. The SMILES string of the molecule is COC1CC(Nc2cc(C(C)C)ncn2)C1. The van der Waals surface area contributed by atoms with E-state index in [9.17, 15) is 0 Å². The van der Waals surface area contributed by atoms with Crippen LogP contribution in [0.4, 0.5) is 5.82 Å². The van der Waals surface area contributed by atoms with Gasteiger partial charge in [-0.2, -0.15) is 0 Å². The van der Waals surface area contributed by atoms with E-state index in [1.807, 2.05) is 6.07 Å². The van der Waals surface area contributed by atoms with Crippen molar-refractivity contribution < 1.29 is 4.74 Å². The van der Waals surface area contributed by atoms with E-state index in [2.05, 4.69) is 29.1 Å². The van der Waals surface area contributed by atoms with Crippen LogP contribution < -0.4 is 5.32 Å². The second kappa shape index (κ2) is 4.78. The Hall–Kier alpha value is -1.16. The van der Waals surface area contributed by atoms with Crippen molar-refractivity contribution in [2.45, 2.75) is 44.8 Å². The third kappa shape index (κ3) is 2.50. The molecule has 0 unspecified atom stereocenters. The summed E-state index contributed by atoms with van der Waals surface area (Å²) in [5.41, 5.74) is 1.08. The summed E-state index contributed by atoms with van der Waals surface area (Å²) in [6.07, 6.45) is 4.18. The summed E-state index contributed by atoms with van der Waals surface area (Å²) in [5.74, 6) is 1.37. The number of methoxy groups -OCH3 is 1. The van der Waals surface area contributed by atoms with Crippen LogP contribution in [0, 0.1) is 0 Å². The summed E-state index contributed by atoms with van der Waals surface area (Å²) in [5, 5.41) is 3.41. The molecule has 4 heteroatoms. The van der Waals surface area contributed by atoms with E-state index >= 15 is 0 Å². The van der Waals surface area contributed by atoms with Crippen molar-refractivity contribution in [2.75, 3.05) is 12.4 Å². The van der Waals surface area contributed by atoms with E-state index < -0.39 is 0 Å². The van der Waals surface area contributed by atoms with E-state index in [1.54, 1.807) is 13.4 Å². The Labute approximate surface area is 96.4 Å². The van der Waals surface area contributed by atoms with Crippen LogP contribution in [0.5, 0.6) is 0 Å². The highest BCUT2D eigenvalue weighted by atomic mass is 16.5. The third-order valence-electron chi connectivity index (χ3n) is 3.06. The van der Waals surface area contributed by atoms with Crippen LogP contribution in [-0.2, 0) is 4.74 Å². The monoisotopic (exact) mass is 221 g/mol. The number of anilines is 1. The molecular weight excluding hydrogens is 202 g/mol. The minimum atomic E-state index is 0.420. The molecule has 88 valence electrons. The highest BCUT2D eigenvalue weighted by molar-refractivity contribution is 5.37. The Balaban J connectivity index is 1.92. The molecule has 0 spiro atoms. The van der Waals surface area contributed by atoms with Crippen molar-refractivity contribution in [3.05, 3.63) is 18.1 Å². The fourth-order valence-corrected chi connectivity index (χ4v) is 1.85. The first-order valence-corrected chi connectivity index (χ1v) is 5.80. The number of hydrogen-bond donors (Lipinski definition) is 1. The minimum Gasteiger partial charge on any atom is -0.381 e. The van der Waals surface area contributed by atoms with Gasteiger partial charge in [-0.15, -0.1) is 0 Å². The molecule has 4 nitrogen and oxygen atoms in total. The van der Waals surface area contributed by atoms with Crippen LogP contribution in [-0.4, -0.2) is 29.2 Å². The smallest absolute Gasteiger partial charge is 0.129 e. The van der Waals surface area contributed by atoms with Crippen molar-refractivity contribution >= 4 is 5.82 Å². The largest absolute Gasteiger partial charge is 0.381 e. The number of nitrogens with one attached hydrogen (secondary N) is 1. The predicted molar refractivity (Wildman–Crippen MR) is 63.6 cm³/mol. The first-order chi connectivity index (χ1) is 7.69. The summed E-state index contributed by atoms with van der Waals surface area (Å²) in [6, 6.07) is 2.53. The second-order valence-electron chi connectivity index (χ2n) is 4.65. The average Bonchev–Trinajstić information content (AvgIpc) is 2.23. The molecule has 0 amide bonds. The summed E-state index contributed by atoms with van der Waals surface area (Å²) in [6.45, 7) is 4.27. The highest BCUT2D eigenvalue weighted by Crippen LogP contribution is 2.26. The average molecular weight is 221 g/mol. The molecule has 2 rings (SSSR count). The molecule has 1 heterocycles. The van der Waals surface area contributed by atoms with Gasteiger partial charge in [0.05, 0.1) is 6.10 Å². The van der Waals surface area contributed by atoms with Gasteiger partial charge in [0.2, 0.25) is 0 Å². The van der Waals surface area contributed by atoms with Crippen LogP contribution in [0.25, 0.3) is 0 Å². The Kier molecular flexibility index (Phi) is 3.39. The first kappa shape index (κ1) is 11.3. The van der Waals surface area contributed by atoms with Gasteiger partial charge in [-0.25, -0.2) is 9.97 Å². The van der Waals surface area contributed by atoms with Gasteiger partial charge in [0.1, 0.15) is 12.1 Å². The topological polar surface area (TPSA) is 47.0 Å². The van der Waals surface area contributed by atoms with E-state index in [4.69, 9.17) is 4.74 Å². The van der Waals surface area contributed by atoms with E-state index in [0.29, 0.717) is 18.1 Å². The molecule has 0 aromatic carbocycles. The zero-order valence-corrected chi connectivity index (χ0v) is 10.1. The standard InChI is InChI=1S/C12H19N3O/c1-8(2)11-6-12(14-7-13-11)15-9-4-10(5-9)16-3/h6-10H,4-5H2,1-3H3,(H,13,14,15). The second-order valence-corrected chi connectivity index (χ2v) is 4.65. The van der Waals surface area contributed by atoms with E-state index in [1.165, 1.54) is 0 Å². The zero-order chi connectivity index (χ0) is 11.5. The van der Waals surface area contributed by atoms with Crippen LogP contribution >= 0.6 is 0 Å². The predicted octanol–water partition coefficient (Wildman–Crippen LogP) is 2.19.